The molecule has 13 rings (SSSR count). The molecule has 6 aromatic carbocycles. The van der Waals surface area contributed by atoms with Gasteiger partial charge in [-0.15, -0.1) is 0 Å². The zero-order valence-corrected chi connectivity index (χ0v) is 35.7. The van der Waals surface area contributed by atoms with Crippen molar-refractivity contribution < 1.29 is 4.74 Å². The summed E-state index contributed by atoms with van der Waals surface area (Å²) >= 11 is 0. The predicted octanol–water partition coefficient (Wildman–Crippen LogP) is 15.3. The smallest absolute Gasteiger partial charge is 0.134 e. The van der Waals surface area contributed by atoms with E-state index in [9.17, 15) is 0 Å². The van der Waals surface area contributed by atoms with Crippen LogP contribution in [0.4, 0.5) is 17.1 Å². The fourth-order valence-electron chi connectivity index (χ4n) is 14.2. The van der Waals surface area contributed by atoms with E-state index in [-0.39, 0.29) is 21.7 Å². The van der Waals surface area contributed by atoms with Gasteiger partial charge in [-0.3, -0.25) is 0 Å². The number of hydrogen-bond acceptors (Lipinski definition) is 2. The molecule has 6 aliphatic carbocycles. The number of nitrogens with zero attached hydrogens (tertiary/aromatic N) is 1. The molecule has 6 aromatic rings. The molecule has 0 radical (unpaired) electrons. The van der Waals surface area contributed by atoms with Crippen molar-refractivity contribution in [3.05, 3.63) is 161 Å². The maximum absolute atomic E-state index is 7.34. The summed E-state index contributed by atoms with van der Waals surface area (Å²) in [5.74, 6) is 5.09. The maximum Gasteiger partial charge on any atom is 0.134 e. The van der Waals surface area contributed by atoms with Crippen LogP contribution in [-0.2, 0) is 21.7 Å². The Kier molecular flexibility index (Phi) is 7.44. The van der Waals surface area contributed by atoms with Crippen molar-refractivity contribution in [2.75, 3.05) is 4.90 Å². The van der Waals surface area contributed by atoms with Crippen LogP contribution in [0, 0.1) is 23.7 Å². The third-order valence-electron chi connectivity index (χ3n) is 16.7. The van der Waals surface area contributed by atoms with Crippen LogP contribution in [0.2, 0.25) is 0 Å². The van der Waals surface area contributed by atoms with Gasteiger partial charge in [0.2, 0.25) is 0 Å². The zero-order chi connectivity index (χ0) is 40.1. The Hall–Kier alpha value is -5.08. The van der Waals surface area contributed by atoms with Gasteiger partial charge in [0.05, 0.1) is 11.4 Å². The van der Waals surface area contributed by atoms with Crippen LogP contribution in [-0.4, -0.2) is 0 Å². The van der Waals surface area contributed by atoms with Crippen molar-refractivity contribution in [3.8, 4) is 33.8 Å². The van der Waals surface area contributed by atoms with E-state index in [1.165, 1.54) is 111 Å². The molecule has 4 bridgehead atoms. The van der Waals surface area contributed by atoms with Gasteiger partial charge in [-0.25, -0.2) is 0 Å². The molecule has 0 N–H and O–H groups in total. The first-order valence-electron chi connectivity index (χ1n) is 22.6. The van der Waals surface area contributed by atoms with Crippen LogP contribution in [0.15, 0.2) is 127 Å². The highest BCUT2D eigenvalue weighted by Crippen LogP contribution is 2.70. The SMILES string of the molecule is CC1(C)CCC(C)(C)c2c(N(c3cc4c(c(-c5ccccc5)c3)C3(c5ccccc5O4)C4CC5CC(C4)CC3C5)c3ccc4c(c3)C(C)(C)c3ccccc3-4)cccc21. The molecule has 2 heteroatoms. The van der Waals surface area contributed by atoms with E-state index in [0.29, 0.717) is 11.8 Å². The molecule has 0 unspecified atom stereocenters. The maximum atomic E-state index is 7.34. The Bertz CT molecular complexity index is 2670. The number of hydrogen-bond donors (Lipinski definition) is 0. The minimum atomic E-state index is -0.116. The van der Waals surface area contributed by atoms with Crippen LogP contribution < -0.4 is 9.64 Å². The Morgan fingerprint density at radius 2 is 1.12 bits per heavy atom. The average Bonchev–Trinajstić information content (AvgIpc) is 3.46. The summed E-state index contributed by atoms with van der Waals surface area (Å²) in [5.41, 5.74) is 17.5. The van der Waals surface area contributed by atoms with E-state index in [4.69, 9.17) is 4.74 Å². The van der Waals surface area contributed by atoms with E-state index < -0.39 is 0 Å². The Balaban J connectivity index is 1.16. The number of fused-ring (bicyclic) bond motifs is 6. The second-order valence-electron chi connectivity index (χ2n) is 21.2. The van der Waals surface area contributed by atoms with Crippen molar-refractivity contribution in [2.24, 2.45) is 23.7 Å². The monoisotopic (exact) mass is 771 g/mol. The van der Waals surface area contributed by atoms with Crippen LogP contribution in [0.1, 0.15) is 120 Å². The second kappa shape index (κ2) is 12.2. The van der Waals surface area contributed by atoms with Gasteiger partial charge in [-0.1, -0.05) is 133 Å². The van der Waals surface area contributed by atoms with E-state index >= 15 is 0 Å². The van der Waals surface area contributed by atoms with Crippen molar-refractivity contribution in [2.45, 2.75) is 108 Å². The van der Waals surface area contributed by atoms with Crippen LogP contribution in [0.5, 0.6) is 11.5 Å². The third kappa shape index (κ3) is 4.92. The summed E-state index contributed by atoms with van der Waals surface area (Å²) < 4.78 is 7.34. The summed E-state index contributed by atoms with van der Waals surface area (Å²) in [6, 6.07) is 49.0. The van der Waals surface area contributed by atoms with E-state index in [2.05, 4.69) is 174 Å². The van der Waals surface area contributed by atoms with E-state index in [1.54, 1.807) is 0 Å². The first-order valence-corrected chi connectivity index (χ1v) is 22.6. The normalized spacial score (nSPS) is 26.6. The van der Waals surface area contributed by atoms with E-state index in [1.807, 2.05) is 0 Å². The number of anilines is 3. The molecule has 59 heavy (non-hydrogen) atoms. The Morgan fingerprint density at radius 1 is 0.475 bits per heavy atom. The largest absolute Gasteiger partial charge is 0.457 e. The average molecular weight is 772 g/mol. The molecule has 296 valence electrons. The summed E-state index contributed by atoms with van der Waals surface area (Å²) in [5, 5.41) is 0. The van der Waals surface area contributed by atoms with Crippen LogP contribution >= 0.6 is 0 Å². The highest BCUT2D eigenvalue weighted by Gasteiger charge is 2.62. The van der Waals surface area contributed by atoms with Gasteiger partial charge in [0.1, 0.15) is 11.5 Å². The Morgan fingerprint density at radius 3 is 1.88 bits per heavy atom. The van der Waals surface area contributed by atoms with Crippen LogP contribution in [0.3, 0.4) is 0 Å². The number of benzene rings is 6. The van der Waals surface area contributed by atoms with Gasteiger partial charge in [0.15, 0.2) is 0 Å². The lowest BCUT2D eigenvalue weighted by Crippen LogP contribution is -2.57. The lowest BCUT2D eigenvalue weighted by Gasteiger charge is -2.63. The fourth-order valence-corrected chi connectivity index (χ4v) is 14.2. The number of rotatable bonds is 4. The molecular formula is C57H57NO. The minimum absolute atomic E-state index is 0.00226. The highest BCUT2D eigenvalue weighted by molar-refractivity contribution is 5.90. The molecule has 0 saturated heterocycles. The summed E-state index contributed by atoms with van der Waals surface area (Å²) in [6.45, 7) is 14.7. The lowest BCUT2D eigenvalue weighted by atomic mass is 9.41. The van der Waals surface area contributed by atoms with Gasteiger partial charge >= 0.3 is 0 Å². The van der Waals surface area contributed by atoms with Gasteiger partial charge in [-0.2, -0.15) is 0 Å². The Labute approximate surface area is 351 Å². The van der Waals surface area contributed by atoms with Crippen LogP contribution in [0.25, 0.3) is 22.3 Å². The summed E-state index contributed by atoms with van der Waals surface area (Å²) in [7, 11) is 0. The zero-order valence-electron chi connectivity index (χ0n) is 35.7. The molecule has 0 aromatic heterocycles. The molecule has 1 heterocycles. The molecule has 4 saturated carbocycles. The number of para-hydroxylation sites is 1. The first kappa shape index (κ1) is 35.8. The molecule has 1 aliphatic heterocycles. The molecule has 0 amide bonds. The molecule has 2 nitrogen and oxygen atoms in total. The summed E-state index contributed by atoms with van der Waals surface area (Å²) in [4.78, 5) is 2.63. The van der Waals surface area contributed by atoms with Crippen molar-refractivity contribution in [3.63, 3.8) is 0 Å². The van der Waals surface area contributed by atoms with Crippen molar-refractivity contribution >= 4 is 17.1 Å². The number of ether oxygens (including phenoxy) is 1. The topological polar surface area (TPSA) is 12.5 Å². The molecule has 4 fully saturated rings. The van der Waals surface area contributed by atoms with Gasteiger partial charge in [0, 0.05) is 33.7 Å². The highest BCUT2D eigenvalue weighted by atomic mass is 16.5. The predicted molar refractivity (Wildman–Crippen MR) is 244 cm³/mol. The molecule has 0 atom stereocenters. The van der Waals surface area contributed by atoms with Gasteiger partial charge in [0.25, 0.3) is 0 Å². The quantitative estimate of drug-likeness (QED) is 0.177. The van der Waals surface area contributed by atoms with Crippen molar-refractivity contribution in [1.82, 2.24) is 0 Å². The first-order chi connectivity index (χ1) is 28.4. The van der Waals surface area contributed by atoms with Gasteiger partial charge < -0.3 is 9.64 Å². The fraction of sp³-hybridized carbons (Fsp3) is 0.368. The molecule has 7 aliphatic rings. The minimum Gasteiger partial charge on any atom is -0.457 e. The van der Waals surface area contributed by atoms with Crippen molar-refractivity contribution in [1.29, 1.82) is 0 Å². The van der Waals surface area contributed by atoms with Gasteiger partial charge in [-0.05, 0) is 154 Å². The lowest BCUT2D eigenvalue weighted by molar-refractivity contribution is -0.0449. The molecular weight excluding hydrogens is 715 g/mol. The third-order valence-corrected chi connectivity index (χ3v) is 16.7. The van der Waals surface area contributed by atoms with E-state index in [0.717, 1.165) is 29.8 Å². The molecule has 1 spiro atoms. The second-order valence-corrected chi connectivity index (χ2v) is 21.2. The summed E-state index contributed by atoms with van der Waals surface area (Å²) in [6.07, 6.45) is 9.09. The standard InChI is InChI=1S/C57H57NO/c1-54(2)25-26-55(3,4)53-47(54)20-14-21-49(53)58(40-23-24-43-42-17-10-11-18-45(42)56(5,6)48(43)33-40)41-32-44(37-15-8-7-9-16-37)52-51(34-41)59-50-22-13-12-19-46(50)57(52)38-28-35-27-36(30-38)31-39(57)29-35/h7-24,32-36,38-39H,25-31H2,1-6H3.